The van der Waals surface area contributed by atoms with Crippen LogP contribution in [0.3, 0.4) is 0 Å². The highest BCUT2D eigenvalue weighted by Gasteiger charge is 2.45. The Hall–Kier alpha value is -2.40. The topological polar surface area (TPSA) is 50.3 Å². The van der Waals surface area contributed by atoms with E-state index in [4.69, 9.17) is 16.3 Å². The summed E-state index contributed by atoms with van der Waals surface area (Å²) < 4.78 is 44.4. The van der Waals surface area contributed by atoms with Gasteiger partial charge >= 0.3 is 6.18 Å². The molecule has 28 heavy (non-hydrogen) atoms. The van der Waals surface area contributed by atoms with E-state index in [9.17, 15) is 18.4 Å². The molecule has 0 amide bonds. The lowest BCUT2D eigenvalue weighted by Crippen LogP contribution is -3.20. The zero-order chi connectivity index (χ0) is 20.2. The summed E-state index contributed by atoms with van der Waals surface area (Å²) in [4.78, 5) is 4.81. The lowest BCUT2D eigenvalue weighted by atomic mass is 9.91. The molecule has 1 atom stereocenters. The second-order valence-corrected chi connectivity index (χ2v) is 6.84. The SMILES string of the molecule is N#C[C@](/C=C/c1ccccc1)(c1ncc(C(F)(F)F)cc1Cl)[NH+]1CCOCC1. The van der Waals surface area contributed by atoms with Gasteiger partial charge in [-0.25, -0.2) is 0 Å². The largest absolute Gasteiger partial charge is 0.417 e. The van der Waals surface area contributed by atoms with Gasteiger partial charge in [0.2, 0.25) is 5.54 Å². The van der Waals surface area contributed by atoms with Gasteiger partial charge in [0.05, 0.1) is 23.8 Å². The monoisotopic (exact) mass is 408 g/mol. The summed E-state index contributed by atoms with van der Waals surface area (Å²) >= 11 is 6.21. The smallest absolute Gasteiger partial charge is 0.370 e. The van der Waals surface area contributed by atoms with Crippen LogP contribution in [-0.2, 0) is 16.5 Å². The van der Waals surface area contributed by atoms with Crippen LogP contribution in [0, 0.1) is 11.3 Å². The van der Waals surface area contributed by atoms with Gasteiger partial charge in [-0.05, 0) is 17.7 Å². The first-order valence-electron chi connectivity index (χ1n) is 8.68. The molecule has 0 radical (unpaired) electrons. The Balaban J connectivity index is 2.10. The summed E-state index contributed by atoms with van der Waals surface area (Å²) in [7, 11) is 0. The first-order chi connectivity index (χ1) is 13.4. The molecule has 1 aromatic carbocycles. The summed E-state index contributed by atoms with van der Waals surface area (Å²) in [5.41, 5.74) is -1.32. The van der Waals surface area contributed by atoms with Crippen LogP contribution < -0.4 is 4.90 Å². The second-order valence-electron chi connectivity index (χ2n) is 6.43. The number of morpholine rings is 1. The molecular weight excluding hydrogens is 391 g/mol. The molecule has 1 aromatic heterocycles. The summed E-state index contributed by atoms with van der Waals surface area (Å²) in [6, 6.07) is 12.4. The lowest BCUT2D eigenvalue weighted by Gasteiger charge is -2.35. The van der Waals surface area contributed by atoms with Crippen molar-refractivity contribution in [2.75, 3.05) is 26.3 Å². The van der Waals surface area contributed by atoms with Crippen LogP contribution in [0.4, 0.5) is 13.2 Å². The van der Waals surface area contributed by atoms with Crippen LogP contribution in [0.2, 0.25) is 5.02 Å². The Morgan fingerprint density at radius 2 is 1.86 bits per heavy atom. The summed E-state index contributed by atoms with van der Waals surface area (Å²) in [6.07, 6.45) is -0.397. The number of quaternary nitrogens is 1. The molecule has 0 saturated carbocycles. The molecule has 1 saturated heterocycles. The van der Waals surface area contributed by atoms with Gasteiger partial charge in [-0.1, -0.05) is 48.0 Å². The fraction of sp³-hybridized carbons (Fsp3) is 0.300. The van der Waals surface area contributed by atoms with Gasteiger partial charge in [-0.2, -0.15) is 18.4 Å². The highest BCUT2D eigenvalue weighted by Crippen LogP contribution is 2.34. The number of rotatable bonds is 4. The Morgan fingerprint density at radius 1 is 1.18 bits per heavy atom. The van der Waals surface area contributed by atoms with Crippen molar-refractivity contribution in [3.8, 4) is 6.07 Å². The second kappa shape index (κ2) is 8.31. The molecule has 1 fully saturated rings. The van der Waals surface area contributed by atoms with E-state index in [2.05, 4.69) is 11.1 Å². The van der Waals surface area contributed by atoms with E-state index in [0.717, 1.165) is 22.7 Å². The number of pyridine rings is 1. The number of nitrogens with zero attached hydrogens (tertiary/aromatic N) is 2. The van der Waals surface area contributed by atoms with Crippen molar-refractivity contribution in [3.63, 3.8) is 0 Å². The van der Waals surface area contributed by atoms with Crippen LogP contribution in [0.25, 0.3) is 6.08 Å². The highest BCUT2D eigenvalue weighted by molar-refractivity contribution is 6.31. The van der Waals surface area contributed by atoms with Gasteiger partial charge in [0.15, 0.2) is 0 Å². The van der Waals surface area contributed by atoms with Crippen molar-refractivity contribution < 1.29 is 22.8 Å². The van der Waals surface area contributed by atoms with Crippen molar-refractivity contribution in [2.45, 2.75) is 11.7 Å². The molecule has 3 rings (SSSR count). The molecule has 0 spiro atoms. The molecule has 0 unspecified atom stereocenters. The Labute approximate surface area is 165 Å². The van der Waals surface area contributed by atoms with E-state index in [-0.39, 0.29) is 10.7 Å². The van der Waals surface area contributed by atoms with Crippen molar-refractivity contribution in [1.29, 1.82) is 5.26 Å². The Bertz CT molecular complexity index is 890. The average Bonchev–Trinajstić information content (AvgIpc) is 2.70. The standard InChI is InChI=1S/C20H17ClF3N3O/c21-17-12-16(20(22,23)24)13-26-18(17)19(14-25,27-8-10-28-11-9-27)7-6-15-4-2-1-3-5-15/h1-7,12-13H,8-11H2/p+1/b7-6+/t19-/m1/s1. The molecule has 1 aliphatic rings. The fourth-order valence-electron chi connectivity index (χ4n) is 3.21. The molecule has 0 bridgehead atoms. The molecule has 8 heteroatoms. The van der Waals surface area contributed by atoms with Gasteiger partial charge < -0.3 is 9.64 Å². The minimum Gasteiger partial charge on any atom is -0.370 e. The van der Waals surface area contributed by atoms with E-state index in [1.54, 1.807) is 12.2 Å². The molecule has 1 N–H and O–H groups in total. The van der Waals surface area contributed by atoms with Crippen LogP contribution in [0.1, 0.15) is 16.8 Å². The predicted molar refractivity (Wildman–Crippen MR) is 98.5 cm³/mol. The number of aromatic nitrogens is 1. The van der Waals surface area contributed by atoms with Crippen LogP contribution in [-0.4, -0.2) is 31.3 Å². The number of nitrogens with one attached hydrogen (secondary N) is 1. The van der Waals surface area contributed by atoms with Crippen LogP contribution in [0.5, 0.6) is 0 Å². The van der Waals surface area contributed by atoms with Crippen LogP contribution in [0.15, 0.2) is 48.7 Å². The Kier molecular flexibility index (Phi) is 6.04. The third kappa shape index (κ3) is 4.20. The maximum absolute atomic E-state index is 13.0. The first-order valence-corrected chi connectivity index (χ1v) is 9.06. The summed E-state index contributed by atoms with van der Waals surface area (Å²) in [5.74, 6) is 0. The number of hydrogen-bond acceptors (Lipinski definition) is 3. The molecule has 1 aliphatic heterocycles. The molecule has 0 aliphatic carbocycles. The fourth-order valence-corrected chi connectivity index (χ4v) is 3.53. The van der Waals surface area contributed by atoms with Crippen molar-refractivity contribution >= 4 is 17.7 Å². The van der Waals surface area contributed by atoms with Crippen molar-refractivity contribution in [3.05, 3.63) is 70.5 Å². The van der Waals surface area contributed by atoms with E-state index >= 15 is 0 Å². The summed E-state index contributed by atoms with van der Waals surface area (Å²) in [6.45, 7) is 1.89. The maximum atomic E-state index is 13.0. The van der Waals surface area contributed by atoms with Gasteiger partial charge in [0.1, 0.15) is 24.9 Å². The number of hydrogen-bond donors (Lipinski definition) is 1. The number of nitriles is 1. The van der Waals surface area contributed by atoms with Gasteiger partial charge in [0, 0.05) is 6.20 Å². The lowest BCUT2D eigenvalue weighted by molar-refractivity contribution is -0.951. The minimum absolute atomic E-state index is 0.105. The summed E-state index contributed by atoms with van der Waals surface area (Å²) in [5, 5.41) is 9.94. The van der Waals surface area contributed by atoms with E-state index in [1.807, 2.05) is 30.3 Å². The first kappa shape index (κ1) is 20.3. The highest BCUT2D eigenvalue weighted by atomic mass is 35.5. The molecule has 146 valence electrons. The quantitative estimate of drug-likeness (QED) is 0.845. The number of alkyl halides is 3. The van der Waals surface area contributed by atoms with E-state index in [0.29, 0.717) is 26.3 Å². The number of halogens is 4. The third-order valence-electron chi connectivity index (χ3n) is 4.70. The predicted octanol–water partition coefficient (Wildman–Crippen LogP) is 3.10. The van der Waals surface area contributed by atoms with Crippen molar-refractivity contribution in [2.24, 2.45) is 0 Å². The number of benzene rings is 1. The molecule has 2 heterocycles. The molecule has 4 nitrogen and oxygen atoms in total. The van der Waals surface area contributed by atoms with E-state index < -0.39 is 17.3 Å². The van der Waals surface area contributed by atoms with Crippen LogP contribution >= 0.6 is 11.6 Å². The van der Waals surface area contributed by atoms with Gasteiger partial charge in [-0.15, -0.1) is 0 Å². The van der Waals surface area contributed by atoms with Gasteiger partial charge in [0.25, 0.3) is 0 Å². The zero-order valence-electron chi connectivity index (χ0n) is 14.8. The average molecular weight is 409 g/mol. The minimum atomic E-state index is -4.56. The van der Waals surface area contributed by atoms with E-state index in [1.165, 1.54) is 0 Å². The Morgan fingerprint density at radius 3 is 2.43 bits per heavy atom. The maximum Gasteiger partial charge on any atom is 0.417 e. The third-order valence-corrected chi connectivity index (χ3v) is 4.99. The number of ether oxygens (including phenoxy) is 1. The van der Waals surface area contributed by atoms with Gasteiger partial charge in [-0.3, -0.25) is 4.98 Å². The molecule has 2 aromatic rings. The zero-order valence-corrected chi connectivity index (χ0v) is 15.6. The normalized spacial score (nSPS) is 18.0. The molecular formula is C20H18ClF3N3O+. The van der Waals surface area contributed by atoms with Crippen molar-refractivity contribution in [1.82, 2.24) is 4.98 Å².